The predicted molar refractivity (Wildman–Crippen MR) is 139 cm³/mol. The first-order valence-electron chi connectivity index (χ1n) is 11.7. The van der Waals surface area contributed by atoms with E-state index in [1.165, 1.54) is 24.3 Å². The number of nitrogens with two attached hydrogens (primary N) is 1. The molecular weight excluding hydrogens is 498 g/mol. The number of hydrogen-bond donors (Lipinski definition) is 3. The van der Waals surface area contributed by atoms with Crippen LogP contribution < -0.4 is 15.5 Å². The first-order chi connectivity index (χ1) is 17.8. The lowest BCUT2D eigenvalue weighted by Gasteiger charge is -2.17. The molecular formula is C26H22ClN5O5. The minimum Gasteiger partial charge on any atom is -0.506 e. The number of rotatable bonds is 3. The summed E-state index contributed by atoms with van der Waals surface area (Å²) in [7, 11) is 1.28. The topological polar surface area (TPSA) is 142 Å². The van der Waals surface area contributed by atoms with Gasteiger partial charge in [-0.05, 0) is 41.8 Å². The number of fused-ring (bicyclic) bond motifs is 6. The van der Waals surface area contributed by atoms with Crippen molar-refractivity contribution in [2.24, 2.45) is 5.73 Å². The number of nitrogens with zero attached hydrogens (tertiary/aromatic N) is 3. The van der Waals surface area contributed by atoms with Crippen molar-refractivity contribution in [3.63, 3.8) is 0 Å². The smallest absolute Gasteiger partial charge is 0.339 e. The van der Waals surface area contributed by atoms with Crippen molar-refractivity contribution in [2.45, 2.75) is 12.3 Å². The second-order valence-corrected chi connectivity index (χ2v) is 9.46. The van der Waals surface area contributed by atoms with E-state index >= 15 is 0 Å². The lowest BCUT2D eigenvalue weighted by Crippen LogP contribution is -2.33. The highest BCUT2D eigenvalue weighted by atomic mass is 35.5. The summed E-state index contributed by atoms with van der Waals surface area (Å²) in [6.07, 6.45) is 1.98. The number of primary amides is 1. The summed E-state index contributed by atoms with van der Waals surface area (Å²) >= 11 is 6.33. The van der Waals surface area contributed by atoms with Gasteiger partial charge in [0.25, 0.3) is 5.91 Å². The maximum Gasteiger partial charge on any atom is 0.339 e. The van der Waals surface area contributed by atoms with Gasteiger partial charge in [0.1, 0.15) is 17.0 Å². The number of nitrogens with one attached hydrogen (secondary N) is 1. The Morgan fingerprint density at radius 1 is 1.19 bits per heavy atom. The van der Waals surface area contributed by atoms with Crippen molar-refractivity contribution < 1.29 is 24.2 Å². The molecule has 2 aliphatic heterocycles. The normalized spacial score (nSPS) is 16.3. The van der Waals surface area contributed by atoms with Gasteiger partial charge in [0.05, 0.1) is 18.4 Å². The number of alkyl halides is 1. The molecule has 4 N–H and O–H groups in total. The highest BCUT2D eigenvalue weighted by molar-refractivity contribution is 6.19. The minimum absolute atomic E-state index is 0.112. The summed E-state index contributed by atoms with van der Waals surface area (Å²) in [5.41, 5.74) is 10.1. The van der Waals surface area contributed by atoms with Gasteiger partial charge in [-0.1, -0.05) is 0 Å². The van der Waals surface area contributed by atoms with Crippen molar-refractivity contribution >= 4 is 62.7 Å². The number of halogens is 1. The van der Waals surface area contributed by atoms with Crippen molar-refractivity contribution in [3.05, 3.63) is 58.9 Å². The number of carbonyl (C=O) groups is 3. The molecule has 0 fully saturated rings. The third kappa shape index (κ3) is 3.40. The van der Waals surface area contributed by atoms with Crippen molar-refractivity contribution in [3.8, 4) is 5.75 Å². The number of urea groups is 1. The van der Waals surface area contributed by atoms with Gasteiger partial charge in [-0.3, -0.25) is 14.7 Å². The Hall–Kier alpha value is -4.31. The van der Waals surface area contributed by atoms with Crippen LogP contribution in [0.15, 0.2) is 36.5 Å². The number of ether oxygens (including phenoxy) is 1. The zero-order valence-corrected chi connectivity index (χ0v) is 20.5. The van der Waals surface area contributed by atoms with E-state index in [0.717, 1.165) is 27.7 Å². The van der Waals surface area contributed by atoms with Gasteiger partial charge < -0.3 is 25.5 Å². The fourth-order valence-electron chi connectivity index (χ4n) is 5.50. The third-order valence-corrected chi connectivity index (χ3v) is 7.56. The molecule has 37 heavy (non-hydrogen) atoms. The second-order valence-electron chi connectivity index (χ2n) is 9.15. The van der Waals surface area contributed by atoms with Crippen LogP contribution >= 0.6 is 11.6 Å². The highest BCUT2D eigenvalue weighted by Crippen LogP contribution is 2.45. The Labute approximate surface area is 215 Å². The lowest BCUT2D eigenvalue weighted by molar-refractivity contribution is 0.0600. The van der Waals surface area contributed by atoms with Crippen molar-refractivity contribution in [1.82, 2.24) is 9.97 Å². The highest BCUT2D eigenvalue weighted by Gasteiger charge is 2.36. The van der Waals surface area contributed by atoms with E-state index in [-0.39, 0.29) is 29.0 Å². The lowest BCUT2D eigenvalue weighted by atomic mass is 9.97. The van der Waals surface area contributed by atoms with Gasteiger partial charge in [-0.25, -0.2) is 9.59 Å². The summed E-state index contributed by atoms with van der Waals surface area (Å²) < 4.78 is 4.82. The quantitative estimate of drug-likeness (QED) is 0.279. The predicted octanol–water partition coefficient (Wildman–Crippen LogP) is 3.63. The van der Waals surface area contributed by atoms with Crippen LogP contribution in [0.2, 0.25) is 0 Å². The largest absolute Gasteiger partial charge is 0.506 e. The average Bonchev–Trinajstić information content (AvgIpc) is 3.62. The van der Waals surface area contributed by atoms with Gasteiger partial charge >= 0.3 is 12.0 Å². The molecule has 2 aromatic carbocycles. The Kier molecular flexibility index (Phi) is 5.23. The molecule has 6 rings (SSSR count). The molecule has 4 aromatic rings. The van der Waals surface area contributed by atoms with E-state index in [2.05, 4.69) is 9.97 Å². The number of anilines is 2. The zero-order valence-electron chi connectivity index (χ0n) is 19.7. The molecule has 2 aromatic heterocycles. The van der Waals surface area contributed by atoms with Crippen molar-refractivity contribution in [1.29, 1.82) is 0 Å². The molecule has 188 valence electrons. The van der Waals surface area contributed by atoms with Crippen LogP contribution in [0, 0.1) is 0 Å². The Morgan fingerprint density at radius 2 is 2.00 bits per heavy atom. The number of aromatic amines is 1. The molecule has 2 aliphatic rings. The molecule has 4 heterocycles. The van der Waals surface area contributed by atoms with Crippen molar-refractivity contribution in [2.75, 3.05) is 35.9 Å². The second kappa shape index (κ2) is 8.38. The first-order valence-corrected chi connectivity index (χ1v) is 12.2. The number of amides is 3. The van der Waals surface area contributed by atoms with Crippen LogP contribution in [0.3, 0.4) is 0 Å². The molecule has 3 amide bonds. The van der Waals surface area contributed by atoms with E-state index in [9.17, 15) is 19.5 Å². The maximum atomic E-state index is 13.8. The molecule has 0 bridgehead atoms. The number of carbonyl (C=O) groups excluding carboxylic acids is 3. The molecule has 0 saturated carbocycles. The number of phenolic OH excluding ortho intramolecular Hbond substituents is 1. The average molecular weight is 520 g/mol. The number of methoxy groups -OCH3 is 1. The molecule has 0 spiro atoms. The standard InChI is InChI=1S/C26H22ClN5O5/c1-37-25(35)12-6-16-22-13(9-27)11-32(20(22)8-21(33)23(16)29-10-12)24(34)18-7-15-14-4-5-31(26(28)36)19(14)3-2-17(15)30-18/h2-3,6-8,10,13,30,33H,4-5,9,11H2,1H3,(H2,28,36)/t13-/m0/s1. The monoisotopic (exact) mass is 519 g/mol. The number of pyridine rings is 1. The van der Waals surface area contributed by atoms with E-state index in [0.29, 0.717) is 41.8 Å². The Balaban J connectivity index is 1.45. The number of H-pyrrole nitrogens is 1. The van der Waals surface area contributed by atoms with Crippen LogP contribution in [0.1, 0.15) is 37.9 Å². The molecule has 10 nitrogen and oxygen atoms in total. The summed E-state index contributed by atoms with van der Waals surface area (Å²) in [6.45, 7) is 0.782. The fraction of sp³-hybridized carbons (Fsp3) is 0.231. The number of benzene rings is 2. The SMILES string of the molecule is COC(=O)c1cnc2c(O)cc3c(c2c1)[C@@H](CCl)CN3C(=O)c1cc2c3c(ccc2[nH]1)N(C(N)=O)CC3. The van der Waals surface area contributed by atoms with Crippen LogP contribution in [-0.2, 0) is 11.2 Å². The number of phenols is 1. The molecule has 0 radical (unpaired) electrons. The molecule has 11 heteroatoms. The fourth-order valence-corrected chi connectivity index (χ4v) is 5.75. The summed E-state index contributed by atoms with van der Waals surface area (Å²) in [5, 5.41) is 12.1. The number of aromatic hydroxyl groups is 1. The number of hydrogen-bond acceptors (Lipinski definition) is 6. The van der Waals surface area contributed by atoms with Gasteiger partial charge in [-0.15, -0.1) is 11.6 Å². The van der Waals surface area contributed by atoms with Gasteiger partial charge in [0, 0.05) is 59.1 Å². The summed E-state index contributed by atoms with van der Waals surface area (Å²) in [4.78, 5) is 48.2. The first kappa shape index (κ1) is 23.1. The van der Waals surface area contributed by atoms with Crippen LogP contribution in [0.5, 0.6) is 5.75 Å². The minimum atomic E-state index is -0.555. The summed E-state index contributed by atoms with van der Waals surface area (Å²) in [5.74, 6) is -0.974. The summed E-state index contributed by atoms with van der Waals surface area (Å²) in [6, 6.07) is 8.04. The van der Waals surface area contributed by atoms with E-state index < -0.39 is 12.0 Å². The Bertz CT molecular complexity index is 1650. The van der Waals surface area contributed by atoms with Gasteiger partial charge in [-0.2, -0.15) is 0 Å². The van der Waals surface area contributed by atoms with E-state index in [1.807, 2.05) is 12.1 Å². The van der Waals surface area contributed by atoms with E-state index in [4.69, 9.17) is 22.1 Å². The number of esters is 1. The third-order valence-electron chi connectivity index (χ3n) is 7.19. The molecule has 0 unspecified atom stereocenters. The Morgan fingerprint density at radius 3 is 2.73 bits per heavy atom. The van der Waals surface area contributed by atoms with Crippen LogP contribution in [0.25, 0.3) is 21.8 Å². The van der Waals surface area contributed by atoms with E-state index in [1.54, 1.807) is 17.0 Å². The van der Waals surface area contributed by atoms with Crippen LogP contribution in [0.4, 0.5) is 16.2 Å². The molecule has 0 aliphatic carbocycles. The molecule has 1 atom stereocenters. The maximum absolute atomic E-state index is 13.8. The number of aromatic nitrogens is 2. The van der Waals surface area contributed by atoms with Gasteiger partial charge in [0.2, 0.25) is 0 Å². The zero-order chi connectivity index (χ0) is 26.0. The van der Waals surface area contributed by atoms with Gasteiger partial charge in [0.15, 0.2) is 0 Å². The molecule has 0 saturated heterocycles. The van der Waals surface area contributed by atoms with Crippen LogP contribution in [-0.4, -0.2) is 59.1 Å².